The predicted molar refractivity (Wildman–Crippen MR) is 58.1 cm³/mol. The summed E-state index contributed by atoms with van der Waals surface area (Å²) in [5.74, 6) is 0. The van der Waals surface area contributed by atoms with Crippen molar-refractivity contribution in [3.05, 3.63) is 0 Å². The molecule has 0 aromatic carbocycles. The van der Waals surface area contributed by atoms with Crippen molar-refractivity contribution in [2.75, 3.05) is 13.7 Å². The number of rotatable bonds is 5. The van der Waals surface area contributed by atoms with E-state index in [1.807, 2.05) is 0 Å². The molecule has 0 saturated carbocycles. The van der Waals surface area contributed by atoms with Crippen LogP contribution in [-0.2, 0) is 0 Å². The molecule has 0 amide bonds. The van der Waals surface area contributed by atoms with E-state index >= 15 is 0 Å². The molecule has 0 spiro atoms. The van der Waals surface area contributed by atoms with E-state index < -0.39 is 24.9 Å². The first-order chi connectivity index (χ1) is 6.90. The van der Waals surface area contributed by atoms with Crippen molar-refractivity contribution in [1.82, 2.24) is 5.01 Å². The van der Waals surface area contributed by atoms with Crippen molar-refractivity contribution in [2.24, 2.45) is 10.8 Å². The highest BCUT2D eigenvalue weighted by Gasteiger charge is 2.22. The summed E-state index contributed by atoms with van der Waals surface area (Å²) in [6.45, 7) is -0.656. The van der Waals surface area contributed by atoms with Gasteiger partial charge in [-0.15, -0.1) is 0 Å². The maximum absolute atomic E-state index is 9.27. The smallest absolute Gasteiger partial charge is 0.186 e. The van der Waals surface area contributed by atoms with Crippen LogP contribution in [0.4, 0.5) is 0 Å². The molecule has 15 heavy (non-hydrogen) atoms. The molecule has 0 fully saturated rings. The van der Waals surface area contributed by atoms with Gasteiger partial charge in [-0.1, -0.05) is 0 Å². The van der Waals surface area contributed by atoms with E-state index in [2.05, 4.69) is 17.3 Å². The fourth-order valence-electron chi connectivity index (χ4n) is 0.649. The van der Waals surface area contributed by atoms with E-state index in [9.17, 15) is 10.2 Å². The van der Waals surface area contributed by atoms with Crippen LogP contribution in [0.5, 0.6) is 0 Å². The van der Waals surface area contributed by atoms with Gasteiger partial charge < -0.3 is 26.2 Å². The van der Waals surface area contributed by atoms with Crippen molar-refractivity contribution >= 4 is 23.5 Å². The molecule has 88 valence electrons. The molecule has 0 aliphatic carbocycles. The zero-order chi connectivity index (χ0) is 12.0. The average Bonchev–Trinajstić information content (AvgIpc) is 2.22. The minimum absolute atomic E-state index is 0.00403. The van der Waals surface area contributed by atoms with Gasteiger partial charge in [-0.05, 0) is 12.2 Å². The first kappa shape index (κ1) is 14.2. The summed E-state index contributed by atoms with van der Waals surface area (Å²) in [6.07, 6.45) is -3.40. The molecule has 0 aliphatic rings. The summed E-state index contributed by atoms with van der Waals surface area (Å²) in [5.41, 5.74) is 5.19. The lowest BCUT2D eigenvalue weighted by Crippen LogP contribution is -2.41. The van der Waals surface area contributed by atoms with E-state index in [0.29, 0.717) is 0 Å². The Balaban J connectivity index is 4.23. The van der Waals surface area contributed by atoms with Crippen LogP contribution in [0.25, 0.3) is 0 Å². The molecule has 0 rings (SSSR count). The summed E-state index contributed by atoms with van der Waals surface area (Å²) in [5, 5.41) is 40.7. The molecular weight excluding hydrogens is 222 g/mol. The summed E-state index contributed by atoms with van der Waals surface area (Å²) in [7, 11) is 1.46. The Kier molecular flexibility index (Phi) is 6.29. The predicted octanol–water partition coefficient (Wildman–Crippen LogP) is -2.78. The van der Waals surface area contributed by atoms with Gasteiger partial charge in [0.05, 0.1) is 12.8 Å². The molecule has 3 atom stereocenters. The van der Waals surface area contributed by atoms with E-state index in [-0.39, 0.29) is 5.11 Å². The lowest BCUT2D eigenvalue weighted by atomic mass is 10.1. The van der Waals surface area contributed by atoms with Crippen molar-refractivity contribution in [1.29, 1.82) is 0 Å². The highest BCUT2D eigenvalue weighted by atomic mass is 32.1. The van der Waals surface area contributed by atoms with E-state index in [1.165, 1.54) is 7.05 Å². The SMILES string of the molecule is CN(/N=C\[C@@H](O)[C@H](O)[C@H](O)CO)C(N)=S. The second-order valence-electron chi connectivity index (χ2n) is 2.86. The van der Waals surface area contributed by atoms with Gasteiger partial charge in [-0.25, -0.2) is 5.01 Å². The van der Waals surface area contributed by atoms with Crippen LogP contribution in [0.1, 0.15) is 0 Å². The third-order valence-electron chi connectivity index (χ3n) is 1.64. The van der Waals surface area contributed by atoms with Crippen molar-refractivity contribution in [2.45, 2.75) is 18.3 Å². The number of hydrogen-bond acceptors (Lipinski definition) is 6. The Labute approximate surface area is 92.4 Å². The third kappa shape index (κ3) is 5.00. The number of nitrogens with zero attached hydrogens (tertiary/aromatic N) is 2. The molecule has 0 radical (unpaired) electrons. The second kappa shape index (κ2) is 6.64. The van der Waals surface area contributed by atoms with Gasteiger partial charge in [-0.2, -0.15) is 5.10 Å². The summed E-state index contributed by atoms with van der Waals surface area (Å²) in [4.78, 5) is 0. The van der Waals surface area contributed by atoms with E-state index in [4.69, 9.17) is 15.9 Å². The molecule has 0 bridgehead atoms. The summed E-state index contributed by atoms with van der Waals surface area (Å²) < 4.78 is 0. The molecule has 8 heteroatoms. The maximum atomic E-state index is 9.27. The Bertz CT molecular complexity index is 238. The molecule has 0 heterocycles. The summed E-state index contributed by atoms with van der Waals surface area (Å²) >= 11 is 4.57. The Hall–Kier alpha value is -0.800. The first-order valence-electron chi connectivity index (χ1n) is 4.12. The molecular formula is C7H15N3O4S. The molecule has 7 nitrogen and oxygen atoms in total. The van der Waals surface area contributed by atoms with Gasteiger partial charge in [-0.3, -0.25) is 0 Å². The van der Waals surface area contributed by atoms with Gasteiger partial charge in [0, 0.05) is 7.05 Å². The lowest BCUT2D eigenvalue weighted by Gasteiger charge is -2.19. The van der Waals surface area contributed by atoms with Gasteiger partial charge >= 0.3 is 0 Å². The highest BCUT2D eigenvalue weighted by molar-refractivity contribution is 7.80. The minimum atomic E-state index is -1.52. The minimum Gasteiger partial charge on any atom is -0.394 e. The largest absolute Gasteiger partial charge is 0.394 e. The summed E-state index contributed by atoms with van der Waals surface area (Å²) in [6, 6.07) is 0. The first-order valence-corrected chi connectivity index (χ1v) is 4.53. The zero-order valence-electron chi connectivity index (χ0n) is 8.19. The molecule has 0 saturated heterocycles. The van der Waals surface area contributed by atoms with Crippen LogP contribution in [-0.4, -0.2) is 68.7 Å². The topological polar surface area (TPSA) is 123 Å². The lowest BCUT2D eigenvalue weighted by molar-refractivity contribution is -0.0543. The van der Waals surface area contributed by atoms with Crippen molar-refractivity contribution in [3.8, 4) is 0 Å². The molecule has 6 N–H and O–H groups in total. The Morgan fingerprint density at radius 2 is 2.07 bits per heavy atom. The Morgan fingerprint density at radius 3 is 2.47 bits per heavy atom. The van der Waals surface area contributed by atoms with Crippen LogP contribution in [0.3, 0.4) is 0 Å². The standard InChI is InChI=1S/C7H15N3O4S/c1-10(7(8)15)9-2-4(12)6(14)5(13)3-11/h2,4-6,11-14H,3H2,1H3,(H2,8,15)/b9-2-/t4-,5-,6+/m1/s1. The average molecular weight is 237 g/mol. The number of hydrazone groups is 1. The Morgan fingerprint density at radius 1 is 1.53 bits per heavy atom. The van der Waals surface area contributed by atoms with Gasteiger partial charge in [0.1, 0.15) is 18.3 Å². The van der Waals surface area contributed by atoms with Gasteiger partial charge in [0.2, 0.25) is 0 Å². The van der Waals surface area contributed by atoms with Crippen LogP contribution < -0.4 is 5.73 Å². The highest BCUT2D eigenvalue weighted by Crippen LogP contribution is 1.98. The number of aliphatic hydroxyl groups excluding tert-OH is 4. The monoisotopic (exact) mass is 237 g/mol. The number of thiocarbonyl (C=S) groups is 1. The van der Waals surface area contributed by atoms with Gasteiger partial charge in [0.25, 0.3) is 0 Å². The van der Waals surface area contributed by atoms with Crippen molar-refractivity contribution < 1.29 is 20.4 Å². The van der Waals surface area contributed by atoms with Crippen LogP contribution in [0.15, 0.2) is 5.10 Å². The fraction of sp³-hybridized carbons (Fsp3) is 0.714. The van der Waals surface area contributed by atoms with Crippen LogP contribution in [0.2, 0.25) is 0 Å². The van der Waals surface area contributed by atoms with E-state index in [1.54, 1.807) is 0 Å². The van der Waals surface area contributed by atoms with Crippen molar-refractivity contribution in [3.63, 3.8) is 0 Å². The zero-order valence-corrected chi connectivity index (χ0v) is 9.00. The second-order valence-corrected chi connectivity index (χ2v) is 3.28. The molecule has 0 aliphatic heterocycles. The van der Waals surface area contributed by atoms with E-state index in [0.717, 1.165) is 11.2 Å². The fourth-order valence-corrected chi connectivity index (χ4v) is 0.696. The number of nitrogens with two attached hydrogens (primary N) is 1. The molecule has 0 aromatic heterocycles. The maximum Gasteiger partial charge on any atom is 0.186 e. The van der Waals surface area contributed by atoms with Crippen LogP contribution in [0, 0.1) is 0 Å². The third-order valence-corrected chi connectivity index (χ3v) is 1.91. The normalized spacial score (nSPS) is 17.4. The number of hydrogen-bond donors (Lipinski definition) is 5. The van der Waals surface area contributed by atoms with Gasteiger partial charge in [0.15, 0.2) is 5.11 Å². The molecule has 0 unspecified atom stereocenters. The molecule has 0 aromatic rings. The number of aliphatic hydroxyl groups is 4. The quantitative estimate of drug-likeness (QED) is 0.199. The van der Waals surface area contributed by atoms with Crippen LogP contribution >= 0.6 is 12.2 Å².